The molecule has 0 heterocycles. The van der Waals surface area contributed by atoms with Gasteiger partial charge in [0, 0.05) is 6.42 Å². The van der Waals surface area contributed by atoms with Gasteiger partial charge in [0.05, 0.1) is 39.9 Å². The zero-order chi connectivity index (χ0) is 52.0. The Kier molecular flexibility index (Phi) is 53.5. The highest BCUT2D eigenvalue weighted by Crippen LogP contribution is 2.38. The number of carbonyl (C=O) groups is 1. The second kappa shape index (κ2) is 54.0. The lowest BCUT2D eigenvalue weighted by atomic mass is 10.0. The van der Waals surface area contributed by atoms with Crippen LogP contribution in [0.4, 0.5) is 0 Å². The first-order chi connectivity index (χ1) is 34.5. The third-order valence-electron chi connectivity index (χ3n) is 14.7. The fourth-order valence-electron chi connectivity index (χ4n) is 9.81. The van der Waals surface area contributed by atoms with E-state index < -0.39 is 20.0 Å². The Morgan fingerprint density at radius 1 is 0.479 bits per heavy atom. The number of aliphatic hydroxyl groups excluding tert-OH is 1. The van der Waals surface area contributed by atoms with Crippen LogP contribution in [-0.4, -0.2) is 68.5 Å². The number of phosphoric acid groups is 1. The SMILES string of the molecule is CCCCCCCCCCCCCCCCCCCCC/C=C/C(O)C(COP(=O)([O-])OCC[N+](C)(C)C)NC(=O)CCCCCCCCCCCCCCCCCCCCCCCCCCCCCC. The van der Waals surface area contributed by atoms with Crippen LogP contribution in [0.25, 0.3) is 0 Å². The van der Waals surface area contributed by atoms with Gasteiger partial charge in [0.2, 0.25) is 5.91 Å². The first kappa shape index (κ1) is 70.2. The Bertz CT molecular complexity index is 1160. The molecule has 2 N–H and O–H groups in total. The summed E-state index contributed by atoms with van der Waals surface area (Å²) in [5.74, 6) is -0.189. The number of likely N-dealkylation sites (N-methyl/N-ethyl adjacent to an activating group) is 1. The number of phosphoric ester groups is 1. The Morgan fingerprint density at radius 3 is 1.06 bits per heavy atom. The molecule has 0 aromatic carbocycles. The Hall–Kier alpha value is -0.760. The highest BCUT2D eigenvalue weighted by atomic mass is 31.2. The van der Waals surface area contributed by atoms with E-state index in [1.807, 2.05) is 27.2 Å². The molecule has 0 fully saturated rings. The maximum absolute atomic E-state index is 13.0. The van der Waals surface area contributed by atoms with Crippen molar-refractivity contribution in [2.24, 2.45) is 0 Å². The molecule has 0 saturated heterocycles. The molecule has 1 amide bonds. The normalized spacial score (nSPS) is 13.8. The Morgan fingerprint density at radius 2 is 0.761 bits per heavy atom. The van der Waals surface area contributed by atoms with Gasteiger partial charge >= 0.3 is 0 Å². The van der Waals surface area contributed by atoms with Crippen molar-refractivity contribution in [1.29, 1.82) is 0 Å². The summed E-state index contributed by atoms with van der Waals surface area (Å²) >= 11 is 0. The zero-order valence-electron chi connectivity index (χ0n) is 48.5. The second-order valence-electron chi connectivity index (χ2n) is 23.1. The van der Waals surface area contributed by atoms with E-state index in [1.165, 1.54) is 270 Å². The molecule has 0 radical (unpaired) electrons. The summed E-state index contributed by atoms with van der Waals surface area (Å²) in [5, 5.41) is 13.9. The van der Waals surface area contributed by atoms with Crippen LogP contribution in [0.2, 0.25) is 0 Å². The van der Waals surface area contributed by atoms with Crippen molar-refractivity contribution >= 4 is 13.7 Å². The third kappa shape index (κ3) is 56.8. The predicted octanol–water partition coefficient (Wildman–Crippen LogP) is 18.8. The van der Waals surface area contributed by atoms with E-state index in [0.29, 0.717) is 17.4 Å². The summed E-state index contributed by atoms with van der Waals surface area (Å²) in [6, 6.07) is -0.882. The largest absolute Gasteiger partial charge is 0.756 e. The number of nitrogens with one attached hydrogen (secondary N) is 1. The maximum Gasteiger partial charge on any atom is 0.268 e. The van der Waals surface area contributed by atoms with Crippen LogP contribution in [-0.2, 0) is 18.4 Å². The van der Waals surface area contributed by atoms with Crippen molar-refractivity contribution in [1.82, 2.24) is 5.32 Å². The topological polar surface area (TPSA) is 108 Å². The van der Waals surface area contributed by atoms with Crippen LogP contribution in [0.5, 0.6) is 0 Å². The van der Waals surface area contributed by atoms with Gasteiger partial charge in [0.25, 0.3) is 7.82 Å². The van der Waals surface area contributed by atoms with E-state index in [-0.39, 0.29) is 19.1 Å². The monoisotopic (exact) mass is 1020 g/mol. The predicted molar refractivity (Wildman–Crippen MR) is 307 cm³/mol. The number of rotatable bonds is 59. The average Bonchev–Trinajstić information content (AvgIpc) is 3.33. The first-order valence-electron chi connectivity index (χ1n) is 31.6. The lowest BCUT2D eigenvalue weighted by molar-refractivity contribution is -0.870. The number of nitrogens with zero attached hydrogens (tertiary/aromatic N) is 1. The molecule has 0 aromatic heterocycles. The van der Waals surface area contributed by atoms with Gasteiger partial charge in [-0.3, -0.25) is 9.36 Å². The van der Waals surface area contributed by atoms with Crippen molar-refractivity contribution in [2.75, 3.05) is 40.9 Å². The lowest BCUT2D eigenvalue weighted by Crippen LogP contribution is -2.45. The minimum Gasteiger partial charge on any atom is -0.756 e. The van der Waals surface area contributed by atoms with Gasteiger partial charge in [-0.05, 0) is 19.3 Å². The average molecular weight is 1030 g/mol. The smallest absolute Gasteiger partial charge is 0.268 e. The summed E-state index contributed by atoms with van der Waals surface area (Å²) < 4.78 is 23.4. The van der Waals surface area contributed by atoms with Crippen molar-refractivity contribution in [3.63, 3.8) is 0 Å². The van der Waals surface area contributed by atoms with Crippen molar-refractivity contribution < 1.29 is 32.9 Å². The van der Waals surface area contributed by atoms with Crippen molar-refractivity contribution in [3.05, 3.63) is 12.2 Å². The molecule has 0 aliphatic heterocycles. The highest BCUT2D eigenvalue weighted by Gasteiger charge is 2.23. The third-order valence-corrected chi connectivity index (χ3v) is 15.7. The molecular formula is C62H125N2O6P. The van der Waals surface area contributed by atoms with Crippen LogP contribution in [0.3, 0.4) is 0 Å². The molecule has 0 aromatic rings. The molecule has 0 bridgehead atoms. The van der Waals surface area contributed by atoms with E-state index in [1.54, 1.807) is 6.08 Å². The van der Waals surface area contributed by atoms with Gasteiger partial charge in [0.15, 0.2) is 0 Å². The molecule has 3 unspecified atom stereocenters. The minimum absolute atomic E-state index is 0.00283. The highest BCUT2D eigenvalue weighted by molar-refractivity contribution is 7.45. The van der Waals surface area contributed by atoms with Gasteiger partial charge in [-0.25, -0.2) is 0 Å². The summed E-state index contributed by atoms with van der Waals surface area (Å²) in [6.45, 7) is 4.71. The number of allylic oxidation sites excluding steroid dienone is 1. The van der Waals surface area contributed by atoms with Gasteiger partial charge in [0.1, 0.15) is 13.2 Å². The van der Waals surface area contributed by atoms with Crippen LogP contribution < -0.4 is 10.2 Å². The summed E-state index contributed by atoms with van der Waals surface area (Å²) in [7, 11) is 1.28. The lowest BCUT2D eigenvalue weighted by Gasteiger charge is -2.29. The van der Waals surface area contributed by atoms with Crippen LogP contribution in [0, 0.1) is 0 Å². The number of quaternary nitrogens is 1. The molecule has 3 atom stereocenters. The van der Waals surface area contributed by atoms with Gasteiger partial charge in [-0.15, -0.1) is 0 Å². The molecule has 0 rings (SSSR count). The van der Waals surface area contributed by atoms with Gasteiger partial charge in [-0.1, -0.05) is 315 Å². The summed E-state index contributed by atoms with van der Waals surface area (Å²) in [4.78, 5) is 25.6. The van der Waals surface area contributed by atoms with Crippen molar-refractivity contribution in [2.45, 2.75) is 341 Å². The summed E-state index contributed by atoms with van der Waals surface area (Å²) in [6.07, 6.45) is 67.3. The minimum atomic E-state index is -4.59. The Labute approximate surface area is 443 Å². The van der Waals surface area contributed by atoms with Gasteiger partial charge < -0.3 is 28.8 Å². The molecule has 8 nitrogen and oxygen atoms in total. The molecule has 0 aliphatic rings. The number of unbranched alkanes of at least 4 members (excludes halogenated alkanes) is 46. The fourth-order valence-corrected chi connectivity index (χ4v) is 10.5. The number of hydrogen-bond acceptors (Lipinski definition) is 6. The fraction of sp³-hybridized carbons (Fsp3) is 0.952. The number of amides is 1. The van der Waals surface area contributed by atoms with Crippen molar-refractivity contribution in [3.8, 4) is 0 Å². The number of hydrogen-bond donors (Lipinski definition) is 2. The van der Waals surface area contributed by atoms with Crippen LogP contribution in [0.15, 0.2) is 12.2 Å². The van der Waals surface area contributed by atoms with E-state index in [0.717, 1.165) is 38.5 Å². The molecule has 9 heteroatoms. The van der Waals surface area contributed by atoms with E-state index in [2.05, 4.69) is 19.2 Å². The summed E-state index contributed by atoms with van der Waals surface area (Å²) in [5.41, 5.74) is 0. The maximum atomic E-state index is 13.0. The second-order valence-corrected chi connectivity index (χ2v) is 24.5. The standard InChI is InChI=1S/C62H125N2O6P/c1-6-8-10-12-14-16-18-20-22-24-26-28-29-30-31-32-33-34-36-38-40-42-44-46-48-50-52-54-56-62(66)63-60(59-70-71(67,68)69-58-57-64(3,4)5)61(65)55-53-51-49-47-45-43-41-39-37-35-27-25-23-21-19-17-15-13-11-9-7-2/h53,55,60-61,65H,6-52,54,56-59H2,1-5H3,(H-,63,66,67,68)/b55-53+. The van der Waals surface area contributed by atoms with E-state index >= 15 is 0 Å². The van der Waals surface area contributed by atoms with Crippen LogP contribution in [0.1, 0.15) is 328 Å². The molecule has 0 saturated carbocycles. The molecular weight excluding hydrogens is 900 g/mol. The van der Waals surface area contributed by atoms with Crippen LogP contribution >= 0.6 is 7.82 Å². The number of carbonyl (C=O) groups excluding carboxylic acids is 1. The quantitative estimate of drug-likeness (QED) is 0.0272. The molecule has 71 heavy (non-hydrogen) atoms. The number of aliphatic hydroxyl groups is 1. The zero-order valence-corrected chi connectivity index (χ0v) is 49.4. The van der Waals surface area contributed by atoms with Gasteiger partial charge in [-0.2, -0.15) is 0 Å². The Balaban J connectivity index is 4.08. The molecule has 424 valence electrons. The first-order valence-corrected chi connectivity index (χ1v) is 33.0. The van der Waals surface area contributed by atoms with E-state index in [9.17, 15) is 19.4 Å². The molecule has 0 aliphatic carbocycles. The molecule has 0 spiro atoms. The van der Waals surface area contributed by atoms with E-state index in [4.69, 9.17) is 9.05 Å².